The summed E-state index contributed by atoms with van der Waals surface area (Å²) in [6.45, 7) is 0. The van der Waals surface area contributed by atoms with E-state index in [1.807, 2.05) is 0 Å². The van der Waals surface area contributed by atoms with Crippen LogP contribution in [-0.2, 0) is 6.18 Å². The van der Waals surface area contributed by atoms with Crippen LogP contribution in [0.1, 0.15) is 11.1 Å². The fourth-order valence-electron chi connectivity index (χ4n) is 1.86. The molecule has 0 aromatic heterocycles. The first kappa shape index (κ1) is 17.2. The third-order valence-electron chi connectivity index (χ3n) is 2.95. The van der Waals surface area contributed by atoms with Crippen molar-refractivity contribution in [2.45, 2.75) is 6.18 Å². The molecule has 0 atom stereocenters. The molecule has 0 aliphatic rings. The highest BCUT2D eigenvalue weighted by Crippen LogP contribution is 2.30. The number of nitro benzene ring substituents is 1. The maximum absolute atomic E-state index is 12.6. The number of benzene rings is 2. The van der Waals surface area contributed by atoms with Gasteiger partial charge in [-0.15, -0.1) is 0 Å². The van der Waals surface area contributed by atoms with Gasteiger partial charge in [0.15, 0.2) is 0 Å². The molecular weight excluding hydrogens is 323 g/mol. The Kier molecular flexibility index (Phi) is 5.31. The van der Waals surface area contributed by atoms with Crippen molar-refractivity contribution in [2.75, 3.05) is 5.43 Å². The van der Waals surface area contributed by atoms with E-state index in [2.05, 4.69) is 10.5 Å². The average Bonchev–Trinajstić information content (AvgIpc) is 2.54. The van der Waals surface area contributed by atoms with Crippen LogP contribution < -0.4 is 5.43 Å². The molecule has 2 aromatic rings. The maximum atomic E-state index is 12.6. The van der Waals surface area contributed by atoms with E-state index in [0.29, 0.717) is 5.56 Å². The number of hydrogen-bond donors (Lipinski definition) is 1. The van der Waals surface area contributed by atoms with Crippen LogP contribution in [-0.4, -0.2) is 11.1 Å². The molecule has 8 heteroatoms. The van der Waals surface area contributed by atoms with Gasteiger partial charge in [0.25, 0.3) is 5.69 Å². The Labute approximate surface area is 135 Å². The van der Waals surface area contributed by atoms with Gasteiger partial charge in [-0.3, -0.25) is 15.5 Å². The summed E-state index contributed by atoms with van der Waals surface area (Å²) in [6, 6.07) is 10.8. The third-order valence-corrected chi connectivity index (χ3v) is 2.95. The number of para-hydroxylation sites is 1. The highest BCUT2D eigenvalue weighted by molar-refractivity contribution is 5.80. The van der Waals surface area contributed by atoms with Crippen LogP contribution in [0, 0.1) is 10.1 Å². The van der Waals surface area contributed by atoms with Crippen LogP contribution in [0.4, 0.5) is 24.5 Å². The van der Waals surface area contributed by atoms with Crippen LogP contribution in [0.25, 0.3) is 6.08 Å². The number of nitro groups is 1. The van der Waals surface area contributed by atoms with Gasteiger partial charge in [0.2, 0.25) is 0 Å². The smallest absolute Gasteiger partial charge is 0.279 e. The Bertz CT molecular complexity index is 786. The molecule has 0 aliphatic carbocycles. The van der Waals surface area contributed by atoms with Gasteiger partial charge >= 0.3 is 6.18 Å². The van der Waals surface area contributed by atoms with Crippen molar-refractivity contribution in [2.24, 2.45) is 5.10 Å². The Morgan fingerprint density at radius 3 is 2.58 bits per heavy atom. The van der Waals surface area contributed by atoms with Gasteiger partial charge in [-0.1, -0.05) is 18.2 Å². The second-order valence-electron chi connectivity index (χ2n) is 4.64. The van der Waals surface area contributed by atoms with Gasteiger partial charge in [-0.25, -0.2) is 0 Å². The van der Waals surface area contributed by atoms with Crippen molar-refractivity contribution < 1.29 is 18.1 Å². The van der Waals surface area contributed by atoms with Crippen LogP contribution >= 0.6 is 0 Å². The molecule has 2 rings (SSSR count). The summed E-state index contributed by atoms with van der Waals surface area (Å²) in [5.41, 5.74) is 2.21. The van der Waals surface area contributed by atoms with Gasteiger partial charge in [0.05, 0.1) is 21.7 Å². The molecule has 0 saturated heterocycles. The molecule has 0 saturated carbocycles. The summed E-state index contributed by atoms with van der Waals surface area (Å²) in [4.78, 5) is 10.3. The number of halogens is 3. The zero-order valence-corrected chi connectivity index (χ0v) is 12.2. The van der Waals surface area contributed by atoms with Crippen molar-refractivity contribution in [1.82, 2.24) is 0 Å². The predicted octanol–water partition coefficient (Wildman–Crippen LogP) is 4.72. The third kappa shape index (κ3) is 4.67. The van der Waals surface area contributed by atoms with E-state index in [9.17, 15) is 23.3 Å². The number of nitrogens with one attached hydrogen (secondary N) is 1. The van der Waals surface area contributed by atoms with Crippen LogP contribution in [0.2, 0.25) is 0 Å². The number of alkyl halides is 3. The summed E-state index contributed by atoms with van der Waals surface area (Å²) in [5, 5.41) is 14.6. The number of hydrogen-bond acceptors (Lipinski definition) is 4. The Morgan fingerprint density at radius 2 is 1.88 bits per heavy atom. The standard InChI is InChI=1S/C16H12F3N3O2/c17-16(18,19)13-7-3-8-14(11-13)21-20-10-4-6-12-5-1-2-9-15(12)22(23)24/h1-11,21H. The minimum atomic E-state index is -4.42. The van der Waals surface area contributed by atoms with Crippen LogP contribution in [0.3, 0.4) is 0 Å². The monoisotopic (exact) mass is 335 g/mol. The van der Waals surface area contributed by atoms with E-state index in [1.165, 1.54) is 36.6 Å². The molecule has 0 bridgehead atoms. The minimum Gasteiger partial charge on any atom is -0.279 e. The van der Waals surface area contributed by atoms with Crippen molar-refractivity contribution >= 4 is 23.7 Å². The first-order valence-corrected chi connectivity index (χ1v) is 6.74. The Balaban J connectivity index is 2.02. The minimum absolute atomic E-state index is 0.0482. The lowest BCUT2D eigenvalue weighted by Crippen LogP contribution is -2.05. The molecule has 0 heterocycles. The average molecular weight is 335 g/mol. The zero-order valence-electron chi connectivity index (χ0n) is 12.2. The highest BCUT2D eigenvalue weighted by atomic mass is 19.4. The summed E-state index contributed by atoms with van der Waals surface area (Å²) in [5.74, 6) is 0. The zero-order chi connectivity index (χ0) is 17.6. The van der Waals surface area contributed by atoms with Gasteiger partial charge in [-0.2, -0.15) is 18.3 Å². The van der Waals surface area contributed by atoms with Crippen molar-refractivity contribution in [3.63, 3.8) is 0 Å². The Hall–Kier alpha value is -3.16. The SMILES string of the molecule is O=[N+]([O-])c1ccccc1C=CC=NNc1cccc(C(F)(F)F)c1. The lowest BCUT2D eigenvalue weighted by Gasteiger charge is -2.07. The van der Waals surface area contributed by atoms with Gasteiger partial charge in [-0.05, 0) is 36.4 Å². The molecule has 124 valence electrons. The maximum Gasteiger partial charge on any atom is 0.416 e. The second-order valence-corrected chi connectivity index (χ2v) is 4.64. The van der Waals surface area contributed by atoms with E-state index in [4.69, 9.17) is 0 Å². The highest BCUT2D eigenvalue weighted by Gasteiger charge is 2.30. The van der Waals surface area contributed by atoms with Crippen LogP contribution in [0.5, 0.6) is 0 Å². The van der Waals surface area contributed by atoms with E-state index in [0.717, 1.165) is 12.1 Å². The lowest BCUT2D eigenvalue weighted by atomic mass is 10.1. The quantitative estimate of drug-likeness (QED) is 0.488. The first-order chi connectivity index (χ1) is 11.4. The summed E-state index contributed by atoms with van der Waals surface area (Å²) >= 11 is 0. The van der Waals surface area contributed by atoms with Crippen molar-refractivity contribution in [3.05, 3.63) is 75.8 Å². The van der Waals surface area contributed by atoms with Crippen molar-refractivity contribution in [1.29, 1.82) is 0 Å². The van der Waals surface area contributed by atoms with E-state index in [-0.39, 0.29) is 11.4 Å². The first-order valence-electron chi connectivity index (χ1n) is 6.74. The number of hydrazone groups is 1. The topological polar surface area (TPSA) is 67.5 Å². The van der Waals surface area contributed by atoms with Crippen LogP contribution in [0.15, 0.2) is 59.7 Å². The summed E-state index contributed by atoms with van der Waals surface area (Å²) < 4.78 is 37.7. The molecule has 2 aromatic carbocycles. The van der Waals surface area contributed by atoms with E-state index in [1.54, 1.807) is 18.2 Å². The van der Waals surface area contributed by atoms with Gasteiger partial charge in [0, 0.05) is 12.3 Å². The van der Waals surface area contributed by atoms with Crippen molar-refractivity contribution in [3.8, 4) is 0 Å². The van der Waals surface area contributed by atoms with Gasteiger partial charge in [0.1, 0.15) is 0 Å². The Morgan fingerprint density at radius 1 is 1.12 bits per heavy atom. The molecule has 0 aliphatic heterocycles. The number of anilines is 1. The second kappa shape index (κ2) is 7.40. The summed E-state index contributed by atoms with van der Waals surface area (Å²) in [6.07, 6.45) is -0.205. The molecular formula is C16H12F3N3O2. The summed E-state index contributed by atoms with van der Waals surface area (Å²) in [7, 11) is 0. The van der Waals surface area contributed by atoms with Gasteiger partial charge < -0.3 is 0 Å². The molecule has 1 N–H and O–H groups in total. The lowest BCUT2D eigenvalue weighted by molar-refractivity contribution is -0.385. The molecule has 0 fully saturated rings. The molecule has 5 nitrogen and oxygen atoms in total. The molecule has 0 radical (unpaired) electrons. The number of allylic oxidation sites excluding steroid dienone is 1. The normalized spacial score (nSPS) is 12.0. The molecule has 24 heavy (non-hydrogen) atoms. The molecule has 0 amide bonds. The fraction of sp³-hybridized carbons (Fsp3) is 0.0625. The largest absolute Gasteiger partial charge is 0.416 e. The molecule has 0 unspecified atom stereocenters. The predicted molar refractivity (Wildman–Crippen MR) is 85.7 cm³/mol. The number of rotatable bonds is 5. The molecule has 0 spiro atoms. The number of nitrogens with zero attached hydrogens (tertiary/aromatic N) is 2. The van der Waals surface area contributed by atoms with E-state index >= 15 is 0 Å². The fourth-order valence-corrected chi connectivity index (χ4v) is 1.86. The van der Waals surface area contributed by atoms with E-state index < -0.39 is 16.7 Å².